The first kappa shape index (κ1) is 11.7. The van der Waals surface area contributed by atoms with E-state index >= 15 is 0 Å². The van der Waals surface area contributed by atoms with Crippen molar-refractivity contribution < 1.29 is 0 Å². The molecule has 0 bridgehead atoms. The van der Waals surface area contributed by atoms with Crippen molar-refractivity contribution in [3.63, 3.8) is 0 Å². The average molecular weight is 215 g/mol. The van der Waals surface area contributed by atoms with Gasteiger partial charge in [0.25, 0.3) is 0 Å². The van der Waals surface area contributed by atoms with E-state index in [1.807, 2.05) is 7.05 Å². The molecule has 1 unspecified atom stereocenters. The van der Waals surface area contributed by atoms with Gasteiger partial charge in [-0.3, -0.25) is 4.99 Å². The largest absolute Gasteiger partial charge is 0.356 e. The Bertz CT molecular complexity index is 176. The third kappa shape index (κ3) is 4.22. The second kappa shape index (κ2) is 6.98. The number of hydrogen-bond acceptors (Lipinski definition) is 2. The fourth-order valence-electron chi connectivity index (χ4n) is 1.48. The molecule has 1 fully saturated rings. The minimum absolute atomic E-state index is 0.787. The lowest BCUT2D eigenvalue weighted by Crippen LogP contribution is -2.40. The van der Waals surface area contributed by atoms with Gasteiger partial charge < -0.3 is 10.6 Å². The highest BCUT2D eigenvalue weighted by molar-refractivity contribution is 8.00. The van der Waals surface area contributed by atoms with Crippen LogP contribution in [0.5, 0.6) is 0 Å². The molecule has 0 aromatic carbocycles. The third-order valence-electron chi connectivity index (χ3n) is 2.29. The van der Waals surface area contributed by atoms with E-state index in [2.05, 4.69) is 34.3 Å². The summed E-state index contributed by atoms with van der Waals surface area (Å²) in [7, 11) is 1.83. The molecule has 1 saturated heterocycles. The van der Waals surface area contributed by atoms with Gasteiger partial charge in [0.15, 0.2) is 5.96 Å². The van der Waals surface area contributed by atoms with Crippen molar-refractivity contribution in [2.75, 3.05) is 25.9 Å². The highest BCUT2D eigenvalue weighted by atomic mass is 32.2. The van der Waals surface area contributed by atoms with E-state index in [-0.39, 0.29) is 0 Å². The minimum Gasteiger partial charge on any atom is -0.356 e. The summed E-state index contributed by atoms with van der Waals surface area (Å²) in [5, 5.41) is 7.42. The van der Waals surface area contributed by atoms with Crippen LogP contribution < -0.4 is 10.6 Å². The number of nitrogens with zero attached hydrogens (tertiary/aromatic N) is 1. The molecule has 0 aromatic rings. The number of aliphatic imine (C=N–C) groups is 1. The quantitative estimate of drug-likeness (QED) is 0.550. The summed E-state index contributed by atoms with van der Waals surface area (Å²) in [6, 6.07) is 0. The Morgan fingerprint density at radius 1 is 1.50 bits per heavy atom. The Balaban J connectivity index is 2.13. The second-order valence-electron chi connectivity index (χ2n) is 3.51. The van der Waals surface area contributed by atoms with Gasteiger partial charge in [-0.15, -0.1) is 0 Å². The van der Waals surface area contributed by atoms with Crippen LogP contribution >= 0.6 is 11.8 Å². The van der Waals surface area contributed by atoms with Gasteiger partial charge in [0.1, 0.15) is 0 Å². The Morgan fingerprint density at radius 3 is 2.93 bits per heavy atom. The monoisotopic (exact) mass is 215 g/mol. The van der Waals surface area contributed by atoms with Gasteiger partial charge in [-0.2, -0.15) is 11.8 Å². The molecule has 1 rings (SSSR count). The van der Waals surface area contributed by atoms with Crippen molar-refractivity contribution in [2.45, 2.75) is 31.4 Å². The number of thioether (sulfide) groups is 1. The summed E-state index contributed by atoms with van der Waals surface area (Å²) in [5.74, 6) is 2.27. The van der Waals surface area contributed by atoms with Crippen LogP contribution in [0.2, 0.25) is 0 Å². The Kier molecular flexibility index (Phi) is 5.83. The molecule has 0 saturated carbocycles. The van der Waals surface area contributed by atoms with Crippen LogP contribution in [0.4, 0.5) is 0 Å². The zero-order valence-corrected chi connectivity index (χ0v) is 9.99. The molecule has 82 valence electrons. The molecular weight excluding hydrogens is 194 g/mol. The fraction of sp³-hybridized carbons (Fsp3) is 0.900. The van der Waals surface area contributed by atoms with Crippen molar-refractivity contribution in [2.24, 2.45) is 4.99 Å². The smallest absolute Gasteiger partial charge is 0.191 e. The SMILES string of the molecule is CCCNC(=NC)NCC1CCCS1. The van der Waals surface area contributed by atoms with Gasteiger partial charge in [-0.05, 0) is 25.0 Å². The minimum atomic E-state index is 0.787. The summed E-state index contributed by atoms with van der Waals surface area (Å²) >= 11 is 2.07. The summed E-state index contributed by atoms with van der Waals surface area (Å²) in [6.07, 6.45) is 3.86. The van der Waals surface area contributed by atoms with Gasteiger partial charge in [0, 0.05) is 25.4 Å². The molecule has 4 heteroatoms. The van der Waals surface area contributed by atoms with Crippen LogP contribution in [0.15, 0.2) is 4.99 Å². The van der Waals surface area contributed by atoms with E-state index < -0.39 is 0 Å². The molecule has 1 aliphatic heterocycles. The van der Waals surface area contributed by atoms with E-state index in [9.17, 15) is 0 Å². The van der Waals surface area contributed by atoms with Gasteiger partial charge in [-0.1, -0.05) is 6.92 Å². The predicted molar refractivity (Wildman–Crippen MR) is 65.1 cm³/mol. The first-order valence-electron chi connectivity index (χ1n) is 5.43. The zero-order chi connectivity index (χ0) is 10.2. The number of rotatable bonds is 4. The van der Waals surface area contributed by atoms with Crippen molar-refractivity contribution in [3.05, 3.63) is 0 Å². The second-order valence-corrected chi connectivity index (χ2v) is 4.92. The van der Waals surface area contributed by atoms with Crippen LogP contribution in [-0.4, -0.2) is 37.1 Å². The molecule has 0 amide bonds. The highest BCUT2D eigenvalue weighted by Gasteiger charge is 2.15. The van der Waals surface area contributed by atoms with E-state index in [1.165, 1.54) is 18.6 Å². The normalized spacial score (nSPS) is 22.4. The van der Waals surface area contributed by atoms with Crippen LogP contribution in [0.3, 0.4) is 0 Å². The Labute approximate surface area is 91.1 Å². The predicted octanol–water partition coefficient (Wildman–Crippen LogP) is 1.46. The number of guanidine groups is 1. The lowest BCUT2D eigenvalue weighted by atomic mass is 10.2. The lowest BCUT2D eigenvalue weighted by Gasteiger charge is -2.14. The van der Waals surface area contributed by atoms with Crippen LogP contribution in [0, 0.1) is 0 Å². The van der Waals surface area contributed by atoms with Crippen LogP contribution in [-0.2, 0) is 0 Å². The molecule has 1 aliphatic rings. The standard InChI is InChI=1S/C10H21N3S/c1-3-6-12-10(11-2)13-8-9-5-4-7-14-9/h9H,3-8H2,1-2H3,(H2,11,12,13). The zero-order valence-electron chi connectivity index (χ0n) is 9.18. The molecule has 1 atom stereocenters. The third-order valence-corrected chi connectivity index (χ3v) is 3.69. The summed E-state index contributed by atoms with van der Waals surface area (Å²) < 4.78 is 0. The van der Waals surface area contributed by atoms with E-state index in [4.69, 9.17) is 0 Å². The van der Waals surface area contributed by atoms with Gasteiger partial charge >= 0.3 is 0 Å². The van der Waals surface area contributed by atoms with Crippen molar-refractivity contribution in [1.82, 2.24) is 10.6 Å². The highest BCUT2D eigenvalue weighted by Crippen LogP contribution is 2.25. The Hall–Kier alpha value is -0.380. The molecule has 0 aromatic heterocycles. The van der Waals surface area contributed by atoms with E-state index in [0.29, 0.717) is 0 Å². The molecule has 0 aliphatic carbocycles. The topological polar surface area (TPSA) is 36.4 Å². The van der Waals surface area contributed by atoms with Gasteiger partial charge in [0.2, 0.25) is 0 Å². The first-order valence-corrected chi connectivity index (χ1v) is 6.47. The van der Waals surface area contributed by atoms with Crippen molar-refractivity contribution >= 4 is 17.7 Å². The molecule has 3 nitrogen and oxygen atoms in total. The Morgan fingerprint density at radius 2 is 2.36 bits per heavy atom. The molecule has 0 radical (unpaired) electrons. The summed E-state index contributed by atoms with van der Waals surface area (Å²) in [5.41, 5.74) is 0. The van der Waals surface area contributed by atoms with E-state index in [0.717, 1.165) is 30.7 Å². The maximum absolute atomic E-state index is 4.17. The summed E-state index contributed by atoms with van der Waals surface area (Å²) in [4.78, 5) is 4.17. The van der Waals surface area contributed by atoms with Crippen LogP contribution in [0.1, 0.15) is 26.2 Å². The lowest BCUT2D eigenvalue weighted by molar-refractivity contribution is 0.721. The molecule has 0 spiro atoms. The fourth-order valence-corrected chi connectivity index (χ4v) is 2.68. The van der Waals surface area contributed by atoms with Crippen LogP contribution in [0.25, 0.3) is 0 Å². The van der Waals surface area contributed by atoms with Gasteiger partial charge in [0.05, 0.1) is 0 Å². The average Bonchev–Trinajstić information content (AvgIpc) is 2.71. The maximum Gasteiger partial charge on any atom is 0.191 e. The van der Waals surface area contributed by atoms with Crippen molar-refractivity contribution in [3.8, 4) is 0 Å². The van der Waals surface area contributed by atoms with Crippen molar-refractivity contribution in [1.29, 1.82) is 0 Å². The van der Waals surface area contributed by atoms with E-state index in [1.54, 1.807) is 0 Å². The summed E-state index contributed by atoms with van der Waals surface area (Å²) in [6.45, 7) is 4.21. The number of nitrogens with one attached hydrogen (secondary N) is 2. The first-order chi connectivity index (χ1) is 6.86. The molecule has 14 heavy (non-hydrogen) atoms. The van der Waals surface area contributed by atoms with Gasteiger partial charge in [-0.25, -0.2) is 0 Å². The molecule has 2 N–H and O–H groups in total. The number of hydrogen-bond donors (Lipinski definition) is 2. The molecular formula is C10H21N3S. The molecule has 1 heterocycles. The maximum atomic E-state index is 4.17.